The van der Waals surface area contributed by atoms with E-state index in [1.165, 1.54) is 91.7 Å². The largest absolute Gasteiger partial charge is 0.310 e. The van der Waals surface area contributed by atoms with Crippen LogP contribution < -0.4 is 4.90 Å². The summed E-state index contributed by atoms with van der Waals surface area (Å²) in [6.45, 7) is 0. The molecule has 0 N–H and O–H groups in total. The van der Waals surface area contributed by atoms with Crippen LogP contribution in [0.2, 0.25) is 0 Å². The highest BCUT2D eigenvalue weighted by atomic mass is 32.1. The number of nitrogens with zero attached hydrogens (tertiary/aromatic N) is 2. The quantitative estimate of drug-likeness (QED) is 0.148. The van der Waals surface area contributed by atoms with Crippen LogP contribution in [-0.2, 0) is 0 Å². The molecule has 3 heteroatoms. The summed E-state index contributed by atoms with van der Waals surface area (Å²) in [7, 11) is 0. The molecule has 0 saturated heterocycles. The molecule has 0 aliphatic rings. The molecule has 2 nitrogen and oxygen atoms in total. The Bertz CT molecular complexity index is 3940. The lowest BCUT2D eigenvalue weighted by Crippen LogP contribution is -2.10. The predicted molar refractivity (Wildman–Crippen MR) is 288 cm³/mol. The number of para-hydroxylation sites is 1. The van der Waals surface area contributed by atoms with Crippen molar-refractivity contribution in [3.05, 3.63) is 255 Å². The van der Waals surface area contributed by atoms with Gasteiger partial charge >= 0.3 is 0 Å². The van der Waals surface area contributed by atoms with E-state index in [4.69, 9.17) is 0 Å². The number of hydrogen-bond acceptors (Lipinski definition) is 2. The van der Waals surface area contributed by atoms with Crippen LogP contribution in [0.15, 0.2) is 255 Å². The van der Waals surface area contributed by atoms with Crippen LogP contribution in [0.25, 0.3) is 103 Å². The van der Waals surface area contributed by atoms with Crippen molar-refractivity contribution in [1.29, 1.82) is 0 Å². The van der Waals surface area contributed by atoms with Crippen molar-refractivity contribution in [3.63, 3.8) is 0 Å². The molecule has 0 aliphatic heterocycles. The average Bonchev–Trinajstić information content (AvgIpc) is 3.95. The Kier molecular flexibility index (Phi) is 9.40. The van der Waals surface area contributed by atoms with Crippen LogP contribution >= 0.6 is 11.3 Å². The highest BCUT2D eigenvalue weighted by molar-refractivity contribution is 7.25. The molecular formula is C64H42N2S. The Morgan fingerprint density at radius 2 is 0.821 bits per heavy atom. The second kappa shape index (κ2) is 16.2. The lowest BCUT2D eigenvalue weighted by molar-refractivity contribution is 1.19. The van der Waals surface area contributed by atoms with E-state index in [0.29, 0.717) is 0 Å². The van der Waals surface area contributed by atoms with E-state index >= 15 is 0 Å². The van der Waals surface area contributed by atoms with Crippen molar-refractivity contribution in [3.8, 4) is 50.2 Å². The molecule has 0 fully saturated rings. The maximum Gasteiger partial charge on any atom is 0.0619 e. The molecule has 13 aromatic rings. The summed E-state index contributed by atoms with van der Waals surface area (Å²) in [6, 6.07) is 93.2. The molecule has 11 aromatic carbocycles. The number of thiophene rings is 1. The van der Waals surface area contributed by atoms with Crippen LogP contribution in [0.5, 0.6) is 0 Å². The summed E-state index contributed by atoms with van der Waals surface area (Å²) in [6.07, 6.45) is 0. The highest BCUT2D eigenvalue weighted by Crippen LogP contribution is 2.44. The molecule has 0 bridgehead atoms. The first-order chi connectivity index (χ1) is 33.2. The van der Waals surface area contributed by atoms with Gasteiger partial charge in [0, 0.05) is 59.1 Å². The van der Waals surface area contributed by atoms with Gasteiger partial charge in [-0.25, -0.2) is 0 Å². The van der Waals surface area contributed by atoms with Gasteiger partial charge in [-0.3, -0.25) is 0 Å². The zero-order valence-corrected chi connectivity index (χ0v) is 37.4. The SMILES string of the molecule is c1ccc(-c2ccc(N(c3ccc(-c4ccc5c(c4)sc4ccccc45)cc3)c3ccc(-c4ccc5c6ccc7ccccc7c6n(-c6ccccc6)c5c4)cc3)cc2-c2ccccc2)cc1. The van der Waals surface area contributed by atoms with Gasteiger partial charge in [0.25, 0.3) is 0 Å². The standard InChI is InChI=1S/C64H42N2S/c1-4-14-45(15-5-1)54-39-35-53(42-60(54)46-16-6-2-7-17-46)65(52-33-26-44(27-34-52)49-30-37-58-57-22-12-13-23-62(57)67-63(58)41-49)51-31-24-43(25-32-51)48-29-36-56-59-38-28-47-18-10-11-21-55(47)64(59)66(61(56)40-48)50-19-8-3-9-20-50/h1-42H. The normalized spacial score (nSPS) is 11.6. The van der Waals surface area contributed by atoms with Gasteiger partial charge in [-0.05, 0) is 117 Å². The number of fused-ring (bicyclic) bond motifs is 8. The summed E-state index contributed by atoms with van der Waals surface area (Å²) >= 11 is 1.86. The van der Waals surface area contributed by atoms with E-state index in [9.17, 15) is 0 Å². The fourth-order valence-corrected chi connectivity index (χ4v) is 11.3. The molecule has 314 valence electrons. The number of anilines is 3. The van der Waals surface area contributed by atoms with Gasteiger partial charge in [0.2, 0.25) is 0 Å². The minimum Gasteiger partial charge on any atom is -0.310 e. The maximum atomic E-state index is 2.44. The average molecular weight is 871 g/mol. The van der Waals surface area contributed by atoms with Gasteiger partial charge in [0.05, 0.1) is 11.0 Å². The molecule has 0 spiro atoms. The van der Waals surface area contributed by atoms with E-state index in [2.05, 4.69) is 264 Å². The van der Waals surface area contributed by atoms with Crippen molar-refractivity contribution < 1.29 is 0 Å². The summed E-state index contributed by atoms with van der Waals surface area (Å²) in [5.74, 6) is 0. The Balaban J connectivity index is 0.935. The molecule has 0 amide bonds. The van der Waals surface area contributed by atoms with E-state index in [-0.39, 0.29) is 0 Å². The topological polar surface area (TPSA) is 8.17 Å². The van der Waals surface area contributed by atoms with Gasteiger partial charge < -0.3 is 9.47 Å². The maximum absolute atomic E-state index is 2.44. The predicted octanol–water partition coefficient (Wildman–Crippen LogP) is 18.4. The third-order valence-corrected chi connectivity index (χ3v) is 14.5. The second-order valence-electron chi connectivity index (χ2n) is 17.3. The second-order valence-corrected chi connectivity index (χ2v) is 18.4. The molecule has 0 radical (unpaired) electrons. The lowest BCUT2D eigenvalue weighted by Gasteiger charge is -2.27. The molecule has 0 saturated carbocycles. The van der Waals surface area contributed by atoms with Gasteiger partial charge in [-0.2, -0.15) is 0 Å². The Labute approximate surface area is 393 Å². The molecule has 0 atom stereocenters. The Morgan fingerprint density at radius 3 is 1.52 bits per heavy atom. The van der Waals surface area contributed by atoms with E-state index < -0.39 is 0 Å². The first kappa shape index (κ1) is 38.9. The summed E-state index contributed by atoms with van der Waals surface area (Å²) in [5, 5.41) is 7.64. The van der Waals surface area contributed by atoms with Gasteiger partial charge in [0.1, 0.15) is 0 Å². The molecule has 67 heavy (non-hydrogen) atoms. The first-order valence-corrected chi connectivity index (χ1v) is 23.7. The van der Waals surface area contributed by atoms with E-state index in [0.717, 1.165) is 28.3 Å². The van der Waals surface area contributed by atoms with Crippen LogP contribution in [0.1, 0.15) is 0 Å². The summed E-state index contributed by atoms with van der Waals surface area (Å²) in [5.41, 5.74) is 16.4. The Morgan fingerprint density at radius 1 is 0.299 bits per heavy atom. The molecule has 2 heterocycles. The third-order valence-electron chi connectivity index (χ3n) is 13.4. The van der Waals surface area contributed by atoms with Crippen molar-refractivity contribution in [1.82, 2.24) is 4.57 Å². The fourth-order valence-electron chi connectivity index (χ4n) is 10.2. The monoisotopic (exact) mass is 870 g/mol. The first-order valence-electron chi connectivity index (χ1n) is 22.9. The fraction of sp³-hybridized carbons (Fsp3) is 0. The van der Waals surface area contributed by atoms with Gasteiger partial charge in [-0.15, -0.1) is 11.3 Å². The van der Waals surface area contributed by atoms with Gasteiger partial charge in [0.15, 0.2) is 0 Å². The third kappa shape index (κ3) is 6.79. The molecule has 2 aromatic heterocycles. The lowest BCUT2D eigenvalue weighted by atomic mass is 9.93. The van der Waals surface area contributed by atoms with Crippen molar-refractivity contribution in [2.24, 2.45) is 0 Å². The number of hydrogen-bond donors (Lipinski definition) is 0. The van der Waals surface area contributed by atoms with Crippen LogP contribution in [0, 0.1) is 0 Å². The molecular weight excluding hydrogens is 829 g/mol. The summed E-state index contributed by atoms with van der Waals surface area (Å²) in [4.78, 5) is 2.39. The zero-order chi connectivity index (χ0) is 44.3. The minimum absolute atomic E-state index is 1.08. The van der Waals surface area contributed by atoms with Crippen molar-refractivity contribution in [2.45, 2.75) is 0 Å². The highest BCUT2D eigenvalue weighted by Gasteiger charge is 2.19. The molecule has 0 unspecified atom stereocenters. The van der Waals surface area contributed by atoms with Crippen molar-refractivity contribution in [2.75, 3.05) is 4.90 Å². The zero-order valence-electron chi connectivity index (χ0n) is 36.6. The molecule has 0 aliphatic carbocycles. The molecule has 13 rings (SSSR count). The van der Waals surface area contributed by atoms with Gasteiger partial charge in [-0.1, -0.05) is 188 Å². The minimum atomic E-state index is 1.08. The van der Waals surface area contributed by atoms with E-state index in [1.54, 1.807) is 0 Å². The van der Waals surface area contributed by atoms with E-state index in [1.807, 2.05) is 11.3 Å². The van der Waals surface area contributed by atoms with Crippen LogP contribution in [0.4, 0.5) is 17.1 Å². The smallest absolute Gasteiger partial charge is 0.0619 e. The Hall–Kier alpha value is -8.50. The van der Waals surface area contributed by atoms with Crippen LogP contribution in [0.3, 0.4) is 0 Å². The number of aromatic nitrogens is 1. The number of benzene rings is 11. The van der Waals surface area contributed by atoms with Crippen molar-refractivity contribution >= 4 is 81.1 Å². The summed E-state index contributed by atoms with van der Waals surface area (Å²) < 4.78 is 5.08. The van der Waals surface area contributed by atoms with Crippen LogP contribution in [-0.4, -0.2) is 4.57 Å². The number of rotatable bonds is 8.